The molecule has 0 bridgehead atoms. The molecule has 18 heavy (non-hydrogen) atoms. The fourth-order valence-electron chi connectivity index (χ4n) is 1.29. The van der Waals surface area contributed by atoms with E-state index in [-0.39, 0.29) is 16.5 Å². The van der Waals surface area contributed by atoms with Gasteiger partial charge in [0.15, 0.2) is 5.82 Å². The molecule has 0 saturated carbocycles. The molecule has 0 saturated heterocycles. The van der Waals surface area contributed by atoms with Gasteiger partial charge in [0.05, 0.1) is 11.8 Å². The number of aromatic nitrogens is 2. The van der Waals surface area contributed by atoms with E-state index in [9.17, 15) is 4.39 Å². The van der Waals surface area contributed by atoms with Gasteiger partial charge in [-0.2, -0.15) is 10.2 Å². The van der Waals surface area contributed by atoms with Crippen LogP contribution in [0.5, 0.6) is 0 Å². The quantitative estimate of drug-likeness (QED) is 0.869. The molecular weight excluding hydrogens is 257 g/mol. The van der Waals surface area contributed by atoms with E-state index < -0.39 is 5.82 Å². The number of halogens is 2. The van der Waals surface area contributed by atoms with Crippen LogP contribution in [0.4, 0.5) is 21.8 Å². The summed E-state index contributed by atoms with van der Waals surface area (Å²) in [6, 6.07) is 5.74. The van der Waals surface area contributed by atoms with E-state index in [0.29, 0.717) is 11.5 Å². The lowest BCUT2D eigenvalue weighted by atomic mass is 10.2. The number of rotatable bonds is 2. The van der Waals surface area contributed by atoms with E-state index in [1.165, 1.54) is 24.4 Å². The van der Waals surface area contributed by atoms with Crippen molar-refractivity contribution in [3.8, 4) is 6.07 Å². The highest BCUT2D eigenvalue weighted by molar-refractivity contribution is 6.32. The van der Waals surface area contributed by atoms with Crippen LogP contribution in [-0.4, -0.2) is 9.97 Å². The first kappa shape index (κ1) is 12.1. The van der Waals surface area contributed by atoms with E-state index in [4.69, 9.17) is 22.6 Å². The summed E-state index contributed by atoms with van der Waals surface area (Å²) >= 11 is 5.87. The standard InChI is InChI=1S/C11H7ClFN5/c12-8-5-16-11(15)18-10(8)17-7-1-2-9(13)6(3-7)4-14/h1-3,5H,(H3,15,16,17,18). The Hall–Kier alpha value is -2.39. The van der Waals surface area contributed by atoms with Crippen LogP contribution in [0.15, 0.2) is 24.4 Å². The van der Waals surface area contributed by atoms with Gasteiger partial charge < -0.3 is 11.1 Å². The van der Waals surface area contributed by atoms with Crippen LogP contribution in [0.2, 0.25) is 5.02 Å². The number of benzene rings is 1. The first-order valence-corrected chi connectivity index (χ1v) is 5.22. The molecule has 0 fully saturated rings. The molecule has 0 aliphatic carbocycles. The molecule has 90 valence electrons. The molecule has 0 amide bonds. The van der Waals surface area contributed by atoms with Crippen molar-refractivity contribution < 1.29 is 4.39 Å². The molecule has 0 unspecified atom stereocenters. The molecule has 0 radical (unpaired) electrons. The molecule has 0 aliphatic heterocycles. The second kappa shape index (κ2) is 4.85. The van der Waals surface area contributed by atoms with Gasteiger partial charge in [-0.25, -0.2) is 9.37 Å². The molecule has 2 rings (SSSR count). The van der Waals surface area contributed by atoms with Crippen molar-refractivity contribution in [1.82, 2.24) is 9.97 Å². The summed E-state index contributed by atoms with van der Waals surface area (Å²) in [7, 11) is 0. The zero-order valence-electron chi connectivity index (χ0n) is 8.98. The van der Waals surface area contributed by atoms with Crippen LogP contribution in [0.1, 0.15) is 5.56 Å². The predicted molar refractivity (Wildman–Crippen MR) is 65.9 cm³/mol. The molecule has 7 heteroatoms. The number of nitriles is 1. The highest BCUT2D eigenvalue weighted by Gasteiger charge is 2.07. The van der Waals surface area contributed by atoms with E-state index in [0.717, 1.165) is 0 Å². The van der Waals surface area contributed by atoms with E-state index in [1.54, 1.807) is 6.07 Å². The molecule has 0 aliphatic rings. The Morgan fingerprint density at radius 1 is 1.44 bits per heavy atom. The minimum Gasteiger partial charge on any atom is -0.368 e. The van der Waals surface area contributed by atoms with E-state index >= 15 is 0 Å². The zero-order chi connectivity index (χ0) is 13.1. The van der Waals surface area contributed by atoms with Gasteiger partial charge in [-0.1, -0.05) is 11.6 Å². The molecular formula is C11H7ClFN5. The summed E-state index contributed by atoms with van der Waals surface area (Å²) in [6.07, 6.45) is 1.35. The third-order valence-corrected chi connectivity index (χ3v) is 2.39. The van der Waals surface area contributed by atoms with Gasteiger partial charge in [0.2, 0.25) is 5.95 Å². The van der Waals surface area contributed by atoms with Gasteiger partial charge >= 0.3 is 0 Å². The molecule has 1 aromatic heterocycles. The molecule has 5 nitrogen and oxygen atoms in total. The van der Waals surface area contributed by atoms with Crippen LogP contribution in [0.25, 0.3) is 0 Å². The van der Waals surface area contributed by atoms with E-state index in [1.807, 2.05) is 0 Å². The highest BCUT2D eigenvalue weighted by Crippen LogP contribution is 2.24. The number of hydrogen-bond donors (Lipinski definition) is 2. The van der Waals surface area contributed by atoms with Gasteiger partial charge in [-0.15, -0.1) is 0 Å². The number of hydrogen-bond acceptors (Lipinski definition) is 5. The number of nitrogens with one attached hydrogen (secondary N) is 1. The lowest BCUT2D eigenvalue weighted by molar-refractivity contribution is 0.624. The van der Waals surface area contributed by atoms with Crippen molar-refractivity contribution in [3.63, 3.8) is 0 Å². The number of anilines is 3. The van der Waals surface area contributed by atoms with Crippen molar-refractivity contribution in [2.24, 2.45) is 0 Å². The molecule has 0 spiro atoms. The Balaban J connectivity index is 2.34. The molecule has 3 N–H and O–H groups in total. The topological polar surface area (TPSA) is 87.6 Å². The summed E-state index contributed by atoms with van der Waals surface area (Å²) in [5, 5.41) is 11.8. The predicted octanol–water partition coefficient (Wildman–Crippen LogP) is 2.47. The number of nitrogens with zero attached hydrogens (tertiary/aromatic N) is 3. The van der Waals surface area contributed by atoms with E-state index in [2.05, 4.69) is 15.3 Å². The lowest BCUT2D eigenvalue weighted by Crippen LogP contribution is -2.00. The average molecular weight is 264 g/mol. The first-order valence-electron chi connectivity index (χ1n) is 4.85. The Labute approximate surface area is 107 Å². The summed E-state index contributed by atoms with van der Waals surface area (Å²) in [5.41, 5.74) is 5.84. The Morgan fingerprint density at radius 3 is 2.94 bits per heavy atom. The first-order chi connectivity index (χ1) is 8.60. The molecule has 0 atom stereocenters. The second-order valence-corrected chi connectivity index (χ2v) is 3.76. The molecule has 1 aromatic carbocycles. The third-order valence-electron chi connectivity index (χ3n) is 2.11. The highest BCUT2D eigenvalue weighted by atomic mass is 35.5. The summed E-state index contributed by atoms with van der Waals surface area (Å²) < 4.78 is 13.1. The third kappa shape index (κ3) is 2.47. The van der Waals surface area contributed by atoms with Crippen LogP contribution in [-0.2, 0) is 0 Å². The number of nitrogens with two attached hydrogens (primary N) is 1. The Kier molecular flexibility index (Phi) is 3.26. The van der Waals surface area contributed by atoms with Gasteiger partial charge in [-0.3, -0.25) is 0 Å². The largest absolute Gasteiger partial charge is 0.368 e. The SMILES string of the molecule is N#Cc1cc(Nc2nc(N)ncc2Cl)ccc1F. The van der Waals surface area contributed by atoms with Crippen molar-refractivity contribution in [2.75, 3.05) is 11.1 Å². The van der Waals surface area contributed by atoms with Crippen LogP contribution in [0.3, 0.4) is 0 Å². The van der Waals surface area contributed by atoms with Crippen LogP contribution < -0.4 is 11.1 Å². The molecule has 2 aromatic rings. The van der Waals surface area contributed by atoms with Gasteiger partial charge in [0.1, 0.15) is 16.9 Å². The number of nitrogen functional groups attached to an aromatic ring is 1. The fraction of sp³-hybridized carbons (Fsp3) is 0. The lowest BCUT2D eigenvalue weighted by Gasteiger charge is -2.07. The van der Waals surface area contributed by atoms with Gasteiger partial charge in [-0.05, 0) is 18.2 Å². The van der Waals surface area contributed by atoms with Crippen LogP contribution >= 0.6 is 11.6 Å². The van der Waals surface area contributed by atoms with Crippen LogP contribution in [0, 0.1) is 17.1 Å². The minimum atomic E-state index is -0.587. The summed E-state index contributed by atoms with van der Waals surface area (Å²) in [6.45, 7) is 0. The summed E-state index contributed by atoms with van der Waals surface area (Å²) in [5.74, 6) is -0.236. The fourth-order valence-corrected chi connectivity index (χ4v) is 1.43. The second-order valence-electron chi connectivity index (χ2n) is 3.36. The Morgan fingerprint density at radius 2 is 2.22 bits per heavy atom. The van der Waals surface area contributed by atoms with Crippen molar-refractivity contribution in [1.29, 1.82) is 5.26 Å². The summed E-state index contributed by atoms with van der Waals surface area (Å²) in [4.78, 5) is 7.60. The van der Waals surface area contributed by atoms with Crippen molar-refractivity contribution in [2.45, 2.75) is 0 Å². The van der Waals surface area contributed by atoms with Gasteiger partial charge in [0, 0.05) is 5.69 Å². The maximum atomic E-state index is 13.1. The smallest absolute Gasteiger partial charge is 0.222 e. The maximum absolute atomic E-state index is 13.1. The van der Waals surface area contributed by atoms with Crippen molar-refractivity contribution >= 4 is 29.1 Å². The average Bonchev–Trinajstić information content (AvgIpc) is 2.36. The minimum absolute atomic E-state index is 0.0597. The normalized spacial score (nSPS) is 9.83. The van der Waals surface area contributed by atoms with Crippen molar-refractivity contribution in [3.05, 3.63) is 40.8 Å². The zero-order valence-corrected chi connectivity index (χ0v) is 9.74. The molecule has 1 heterocycles. The van der Waals surface area contributed by atoms with Gasteiger partial charge in [0.25, 0.3) is 0 Å². The Bertz CT molecular complexity index is 638. The maximum Gasteiger partial charge on any atom is 0.222 e. The monoisotopic (exact) mass is 263 g/mol.